The van der Waals surface area contributed by atoms with Crippen molar-refractivity contribution < 1.29 is 9.72 Å². The summed E-state index contributed by atoms with van der Waals surface area (Å²) in [7, 11) is 0. The highest BCUT2D eigenvalue weighted by Gasteiger charge is 2.35. The maximum atomic E-state index is 12.7. The summed E-state index contributed by atoms with van der Waals surface area (Å²) in [4.78, 5) is 27.5. The van der Waals surface area contributed by atoms with Gasteiger partial charge in [-0.2, -0.15) is 15.1 Å². The van der Waals surface area contributed by atoms with Crippen LogP contribution in [0.3, 0.4) is 0 Å². The van der Waals surface area contributed by atoms with E-state index in [1.165, 1.54) is 28.9 Å². The minimum atomic E-state index is -0.501. The van der Waals surface area contributed by atoms with E-state index in [-0.39, 0.29) is 17.1 Å². The summed E-state index contributed by atoms with van der Waals surface area (Å²) in [6, 6.07) is 8.19. The third-order valence-electron chi connectivity index (χ3n) is 4.98. The fraction of sp³-hybridized carbons (Fsp3) is 0.238. The van der Waals surface area contributed by atoms with E-state index in [9.17, 15) is 14.9 Å². The molecule has 2 aliphatic heterocycles. The SMILES string of the molecule is CCCCC1=NN2C(=N)/C(=C\c3cccn3-c3cc([N+](=O)[O-])ccc3C)C(=O)N=C2S1. The summed E-state index contributed by atoms with van der Waals surface area (Å²) < 4.78 is 1.75. The van der Waals surface area contributed by atoms with E-state index >= 15 is 0 Å². The number of rotatable bonds is 6. The van der Waals surface area contributed by atoms with Crippen LogP contribution >= 0.6 is 11.8 Å². The number of carbonyl (C=O) groups excluding carboxylic acids is 1. The van der Waals surface area contributed by atoms with Crippen LogP contribution in [-0.4, -0.2) is 36.5 Å². The lowest BCUT2D eigenvalue weighted by Gasteiger charge is -2.20. The Balaban J connectivity index is 1.70. The standard InChI is InChI=1S/C21H20N6O3S/c1-3-4-7-18-24-26-19(22)16(20(28)23-21(26)31-18)11-14-6-5-10-25(14)17-12-15(27(29)30)9-8-13(17)2/h5-6,8-12,22H,3-4,7H2,1-2H3/b16-11+,22-19?. The summed E-state index contributed by atoms with van der Waals surface area (Å²) >= 11 is 1.33. The first kappa shape index (κ1) is 20.7. The van der Waals surface area contributed by atoms with Crippen LogP contribution in [0.25, 0.3) is 11.8 Å². The zero-order chi connectivity index (χ0) is 22.1. The summed E-state index contributed by atoms with van der Waals surface area (Å²) in [5, 5.41) is 26.8. The third kappa shape index (κ3) is 3.93. The Hall–Kier alpha value is -3.53. The topological polar surface area (TPSA) is 117 Å². The summed E-state index contributed by atoms with van der Waals surface area (Å²) in [5.74, 6) is -0.531. The molecule has 158 valence electrons. The average molecular weight is 436 g/mol. The minimum absolute atomic E-state index is 0.0216. The van der Waals surface area contributed by atoms with E-state index < -0.39 is 10.8 Å². The molecule has 1 aromatic carbocycles. The van der Waals surface area contributed by atoms with E-state index in [1.54, 1.807) is 35.0 Å². The molecule has 4 rings (SSSR count). The van der Waals surface area contributed by atoms with Crippen molar-refractivity contribution in [3.8, 4) is 5.69 Å². The molecule has 10 heteroatoms. The number of unbranched alkanes of at least 4 members (excludes halogenated alkanes) is 1. The van der Waals surface area contributed by atoms with Crippen LogP contribution in [0, 0.1) is 22.4 Å². The van der Waals surface area contributed by atoms with E-state index in [4.69, 9.17) is 5.41 Å². The van der Waals surface area contributed by atoms with Gasteiger partial charge in [0.25, 0.3) is 11.6 Å². The molecule has 1 N–H and O–H groups in total. The van der Waals surface area contributed by atoms with Gasteiger partial charge in [0.05, 0.1) is 16.2 Å². The molecule has 31 heavy (non-hydrogen) atoms. The number of hydrogen-bond acceptors (Lipinski definition) is 6. The zero-order valence-electron chi connectivity index (χ0n) is 17.0. The second-order valence-corrected chi connectivity index (χ2v) is 8.19. The first-order valence-electron chi connectivity index (χ1n) is 9.81. The summed E-state index contributed by atoms with van der Waals surface area (Å²) in [6.07, 6.45) is 6.13. The lowest BCUT2D eigenvalue weighted by Crippen LogP contribution is -2.35. The number of amidine groups is 2. The summed E-state index contributed by atoms with van der Waals surface area (Å²) in [6.45, 7) is 3.95. The number of nitrogens with one attached hydrogen (secondary N) is 1. The second kappa shape index (κ2) is 8.31. The number of hydrazone groups is 1. The van der Waals surface area contributed by atoms with Crippen LogP contribution in [0.4, 0.5) is 5.69 Å². The van der Waals surface area contributed by atoms with Crippen molar-refractivity contribution in [1.82, 2.24) is 9.58 Å². The first-order chi connectivity index (χ1) is 14.9. The Morgan fingerprint density at radius 2 is 2.13 bits per heavy atom. The Labute approximate surface area is 182 Å². The number of hydrogen-bond donors (Lipinski definition) is 1. The van der Waals surface area contributed by atoms with Crippen molar-refractivity contribution in [3.63, 3.8) is 0 Å². The number of fused-ring (bicyclic) bond motifs is 1. The zero-order valence-corrected chi connectivity index (χ0v) is 17.8. The molecule has 0 bridgehead atoms. The van der Waals surface area contributed by atoms with Gasteiger partial charge in [-0.05, 0) is 55.3 Å². The van der Waals surface area contributed by atoms with Crippen LogP contribution in [0.2, 0.25) is 0 Å². The van der Waals surface area contributed by atoms with Gasteiger partial charge in [-0.25, -0.2) is 0 Å². The van der Waals surface area contributed by atoms with E-state index in [0.717, 1.165) is 29.9 Å². The van der Waals surface area contributed by atoms with Crippen molar-refractivity contribution in [2.24, 2.45) is 10.1 Å². The number of benzene rings is 1. The highest BCUT2D eigenvalue weighted by molar-refractivity contribution is 8.26. The lowest BCUT2D eigenvalue weighted by atomic mass is 10.1. The Bertz CT molecular complexity index is 1190. The molecule has 1 amide bonds. The molecule has 0 atom stereocenters. The number of aromatic nitrogens is 1. The number of aryl methyl sites for hydroxylation is 1. The van der Waals surface area contributed by atoms with Gasteiger partial charge < -0.3 is 4.57 Å². The van der Waals surface area contributed by atoms with Crippen molar-refractivity contribution >= 4 is 45.5 Å². The van der Waals surface area contributed by atoms with Crippen LogP contribution in [0.5, 0.6) is 0 Å². The maximum absolute atomic E-state index is 12.7. The van der Waals surface area contributed by atoms with Crippen molar-refractivity contribution in [2.45, 2.75) is 33.1 Å². The molecule has 0 unspecified atom stereocenters. The van der Waals surface area contributed by atoms with Gasteiger partial charge in [-0.3, -0.25) is 20.3 Å². The molecule has 0 fully saturated rings. The monoisotopic (exact) mass is 436 g/mol. The molecule has 2 aromatic rings. The van der Waals surface area contributed by atoms with Gasteiger partial charge in [0.15, 0.2) is 5.84 Å². The van der Waals surface area contributed by atoms with Gasteiger partial charge in [0, 0.05) is 24.0 Å². The number of aliphatic imine (C=N–C) groups is 1. The van der Waals surface area contributed by atoms with Gasteiger partial charge in [0.1, 0.15) is 5.04 Å². The van der Waals surface area contributed by atoms with E-state index in [2.05, 4.69) is 17.0 Å². The molecule has 0 radical (unpaired) electrons. The van der Waals surface area contributed by atoms with Crippen LogP contribution in [0.15, 0.2) is 52.2 Å². The lowest BCUT2D eigenvalue weighted by molar-refractivity contribution is -0.384. The largest absolute Gasteiger partial charge is 0.317 e. The van der Waals surface area contributed by atoms with Crippen LogP contribution in [-0.2, 0) is 4.79 Å². The van der Waals surface area contributed by atoms with E-state index in [1.807, 2.05) is 6.92 Å². The molecule has 9 nitrogen and oxygen atoms in total. The van der Waals surface area contributed by atoms with E-state index in [0.29, 0.717) is 16.5 Å². The van der Waals surface area contributed by atoms with Gasteiger partial charge in [-0.15, -0.1) is 0 Å². The minimum Gasteiger partial charge on any atom is -0.317 e. The Kier molecular flexibility index (Phi) is 5.55. The molecular formula is C21H20N6O3S. The molecular weight excluding hydrogens is 416 g/mol. The van der Waals surface area contributed by atoms with Gasteiger partial charge in [-0.1, -0.05) is 19.4 Å². The smallest absolute Gasteiger partial charge is 0.283 e. The van der Waals surface area contributed by atoms with Gasteiger partial charge >= 0.3 is 0 Å². The average Bonchev–Trinajstić information content (AvgIpc) is 3.36. The first-order valence-corrected chi connectivity index (χ1v) is 10.6. The quantitative estimate of drug-likeness (QED) is 0.406. The number of non-ortho nitro benzene ring substituents is 1. The Morgan fingerprint density at radius 1 is 1.32 bits per heavy atom. The number of thioether (sulfide) groups is 1. The van der Waals surface area contributed by atoms with Gasteiger partial charge in [0.2, 0.25) is 5.17 Å². The van der Waals surface area contributed by atoms with Crippen LogP contribution < -0.4 is 0 Å². The normalized spacial score (nSPS) is 17.1. The van der Waals surface area contributed by atoms with Crippen LogP contribution in [0.1, 0.15) is 37.4 Å². The number of nitro groups is 1. The fourth-order valence-electron chi connectivity index (χ4n) is 3.31. The number of nitro benzene ring substituents is 1. The molecule has 2 aliphatic rings. The third-order valence-corrected chi connectivity index (χ3v) is 5.94. The number of nitrogens with zero attached hydrogens (tertiary/aromatic N) is 5. The molecule has 3 heterocycles. The predicted octanol–water partition coefficient (Wildman–Crippen LogP) is 4.50. The molecule has 0 aliphatic carbocycles. The maximum Gasteiger partial charge on any atom is 0.283 e. The van der Waals surface area contributed by atoms with Crippen molar-refractivity contribution in [3.05, 3.63) is 63.5 Å². The predicted molar refractivity (Wildman–Crippen MR) is 122 cm³/mol. The number of carbonyl (C=O) groups is 1. The molecule has 0 spiro atoms. The molecule has 0 saturated carbocycles. The summed E-state index contributed by atoms with van der Waals surface area (Å²) in [5.41, 5.74) is 2.17. The number of amides is 1. The fourth-order valence-corrected chi connectivity index (χ4v) is 4.24. The highest BCUT2D eigenvalue weighted by Crippen LogP contribution is 2.30. The molecule has 1 aromatic heterocycles. The Morgan fingerprint density at radius 3 is 2.87 bits per heavy atom. The molecule has 0 saturated heterocycles. The second-order valence-electron chi connectivity index (χ2n) is 7.15. The van der Waals surface area contributed by atoms with Crippen molar-refractivity contribution in [2.75, 3.05) is 0 Å². The van der Waals surface area contributed by atoms with Crippen molar-refractivity contribution in [1.29, 1.82) is 5.41 Å². The highest BCUT2D eigenvalue weighted by atomic mass is 32.2.